The molecule has 9 heteroatoms. The molecule has 0 aliphatic carbocycles. The Balaban J connectivity index is 1.32. The molecule has 0 saturated carbocycles. The van der Waals surface area contributed by atoms with Crippen molar-refractivity contribution in [3.05, 3.63) is 59.2 Å². The van der Waals surface area contributed by atoms with Gasteiger partial charge >= 0.3 is 0 Å². The smallest absolute Gasteiger partial charge is 0.261 e. The van der Waals surface area contributed by atoms with Crippen LogP contribution in [0.5, 0.6) is 11.5 Å². The van der Waals surface area contributed by atoms with Crippen LogP contribution in [-0.4, -0.2) is 68.1 Å². The fourth-order valence-electron chi connectivity index (χ4n) is 3.42. The van der Waals surface area contributed by atoms with E-state index in [-0.39, 0.29) is 11.8 Å². The van der Waals surface area contributed by atoms with E-state index in [9.17, 15) is 9.59 Å². The van der Waals surface area contributed by atoms with Crippen molar-refractivity contribution in [3.8, 4) is 11.5 Å². The molecule has 8 nitrogen and oxygen atoms in total. The van der Waals surface area contributed by atoms with Crippen LogP contribution in [0.2, 0.25) is 0 Å². The van der Waals surface area contributed by atoms with Gasteiger partial charge < -0.3 is 20.1 Å². The Morgan fingerprint density at radius 3 is 2.76 bits per heavy atom. The molecule has 2 amide bonds. The summed E-state index contributed by atoms with van der Waals surface area (Å²) < 4.78 is 12.2. The van der Waals surface area contributed by atoms with Gasteiger partial charge in [0.1, 0.15) is 5.75 Å². The average molecular weight is 467 g/mol. The summed E-state index contributed by atoms with van der Waals surface area (Å²) in [6.07, 6.45) is 6.66. The second-order valence-corrected chi connectivity index (χ2v) is 8.57. The zero-order valence-corrected chi connectivity index (χ0v) is 19.2. The van der Waals surface area contributed by atoms with E-state index in [1.807, 2.05) is 30.3 Å². The van der Waals surface area contributed by atoms with Crippen LogP contribution in [0.4, 0.5) is 0 Å². The Kier molecular flexibility index (Phi) is 7.66. The van der Waals surface area contributed by atoms with E-state index in [0.717, 1.165) is 48.5 Å². The van der Waals surface area contributed by atoms with Crippen molar-refractivity contribution in [1.29, 1.82) is 0 Å². The van der Waals surface area contributed by atoms with E-state index in [0.29, 0.717) is 22.9 Å². The maximum atomic E-state index is 12.1. The lowest BCUT2D eigenvalue weighted by molar-refractivity contribution is -0.116. The summed E-state index contributed by atoms with van der Waals surface area (Å²) in [4.78, 5) is 31.1. The monoisotopic (exact) mass is 466 g/mol. The van der Waals surface area contributed by atoms with E-state index in [1.165, 1.54) is 17.4 Å². The Bertz CT molecular complexity index is 1140. The maximum Gasteiger partial charge on any atom is 0.261 e. The van der Waals surface area contributed by atoms with Crippen LogP contribution in [0.25, 0.3) is 16.2 Å². The number of thiophene rings is 1. The highest BCUT2D eigenvalue weighted by Crippen LogP contribution is 2.34. The van der Waals surface area contributed by atoms with E-state index < -0.39 is 0 Å². The lowest BCUT2D eigenvalue weighted by Crippen LogP contribution is -2.41. The number of hydrogen-bond acceptors (Lipinski definition) is 7. The lowest BCUT2D eigenvalue weighted by atomic mass is 10.2. The van der Waals surface area contributed by atoms with Gasteiger partial charge in [0.05, 0.1) is 29.0 Å². The van der Waals surface area contributed by atoms with Crippen LogP contribution in [0, 0.1) is 0 Å². The van der Waals surface area contributed by atoms with Crippen LogP contribution in [-0.2, 0) is 9.53 Å². The predicted molar refractivity (Wildman–Crippen MR) is 129 cm³/mol. The van der Waals surface area contributed by atoms with Gasteiger partial charge in [-0.1, -0.05) is 12.1 Å². The van der Waals surface area contributed by atoms with Crippen LogP contribution in [0.15, 0.2) is 48.8 Å². The van der Waals surface area contributed by atoms with Crippen molar-refractivity contribution >= 4 is 39.3 Å². The molecule has 2 aromatic heterocycles. The van der Waals surface area contributed by atoms with Crippen molar-refractivity contribution < 1.29 is 19.1 Å². The fourth-order valence-corrected chi connectivity index (χ4v) is 4.41. The summed E-state index contributed by atoms with van der Waals surface area (Å²) in [6, 6.07) is 9.24. The third-order valence-electron chi connectivity index (χ3n) is 5.23. The Labute approximate surface area is 196 Å². The number of fused-ring (bicyclic) bond motifs is 1. The third-order valence-corrected chi connectivity index (χ3v) is 6.30. The predicted octanol–water partition coefficient (Wildman–Crippen LogP) is 2.91. The van der Waals surface area contributed by atoms with Gasteiger partial charge in [0, 0.05) is 50.9 Å². The van der Waals surface area contributed by atoms with E-state index in [2.05, 4.69) is 20.5 Å². The number of morpholine rings is 1. The van der Waals surface area contributed by atoms with E-state index >= 15 is 0 Å². The molecule has 1 aliphatic rings. The number of benzene rings is 1. The molecule has 3 heterocycles. The molecule has 4 rings (SSSR count). The van der Waals surface area contributed by atoms with Gasteiger partial charge in [-0.2, -0.15) is 0 Å². The number of amides is 2. The minimum atomic E-state index is -0.136. The second-order valence-electron chi connectivity index (χ2n) is 7.49. The normalized spacial score (nSPS) is 14.5. The highest BCUT2D eigenvalue weighted by Gasteiger charge is 2.13. The number of nitrogens with zero attached hydrogens (tertiary/aromatic N) is 2. The van der Waals surface area contributed by atoms with Gasteiger partial charge in [0.15, 0.2) is 5.75 Å². The first-order valence-corrected chi connectivity index (χ1v) is 11.6. The molecule has 1 aromatic carbocycles. The SMILES string of the molecule is CNC(=O)c1cc2c(Oc3ccc(/C=C/C(=O)NCCN4CCOCC4)cc3)cncc2s1. The first kappa shape index (κ1) is 22.9. The Hall–Kier alpha value is -3.27. The van der Waals surface area contributed by atoms with Crippen molar-refractivity contribution in [2.24, 2.45) is 0 Å². The number of aromatic nitrogens is 1. The molecule has 2 N–H and O–H groups in total. The molecule has 3 aromatic rings. The number of carbonyl (C=O) groups is 2. The molecule has 0 radical (unpaired) electrons. The Morgan fingerprint density at radius 1 is 1.21 bits per heavy atom. The average Bonchev–Trinajstić information content (AvgIpc) is 3.29. The van der Waals surface area contributed by atoms with Crippen molar-refractivity contribution in [2.45, 2.75) is 0 Å². The van der Waals surface area contributed by atoms with Crippen molar-refractivity contribution in [3.63, 3.8) is 0 Å². The van der Waals surface area contributed by atoms with Crippen molar-refractivity contribution in [2.75, 3.05) is 46.4 Å². The molecule has 1 aliphatic heterocycles. The third kappa shape index (κ3) is 6.16. The molecular formula is C24H26N4O4S. The minimum Gasteiger partial charge on any atom is -0.455 e. The van der Waals surface area contributed by atoms with Gasteiger partial charge in [-0.05, 0) is 29.8 Å². The number of rotatable bonds is 8. The maximum absolute atomic E-state index is 12.1. The number of ether oxygens (including phenoxy) is 2. The highest BCUT2D eigenvalue weighted by molar-refractivity contribution is 7.20. The quantitative estimate of drug-likeness (QED) is 0.496. The van der Waals surface area contributed by atoms with Crippen molar-refractivity contribution in [1.82, 2.24) is 20.5 Å². The topological polar surface area (TPSA) is 92.8 Å². The van der Waals surface area contributed by atoms with Gasteiger partial charge in [-0.3, -0.25) is 19.5 Å². The molecule has 0 bridgehead atoms. The van der Waals surface area contributed by atoms with Gasteiger partial charge in [0.25, 0.3) is 5.91 Å². The van der Waals surface area contributed by atoms with Gasteiger partial charge in [-0.15, -0.1) is 11.3 Å². The van der Waals surface area contributed by atoms with Crippen LogP contribution >= 0.6 is 11.3 Å². The second kappa shape index (κ2) is 11.0. The van der Waals surface area contributed by atoms with E-state index in [4.69, 9.17) is 9.47 Å². The first-order valence-electron chi connectivity index (χ1n) is 10.8. The first-order chi connectivity index (χ1) is 16.1. The fraction of sp³-hybridized carbons (Fsp3) is 0.292. The summed E-state index contributed by atoms with van der Waals surface area (Å²) in [5, 5.41) is 6.38. The van der Waals surface area contributed by atoms with E-state index in [1.54, 1.807) is 25.5 Å². The molecular weight excluding hydrogens is 440 g/mol. The summed E-state index contributed by atoms with van der Waals surface area (Å²) in [5.41, 5.74) is 0.888. The van der Waals surface area contributed by atoms with Crippen LogP contribution < -0.4 is 15.4 Å². The summed E-state index contributed by atoms with van der Waals surface area (Å²) in [7, 11) is 1.60. The number of carbonyl (C=O) groups excluding carboxylic acids is 2. The minimum absolute atomic E-state index is 0.120. The lowest BCUT2D eigenvalue weighted by Gasteiger charge is -2.26. The molecule has 0 unspecified atom stereocenters. The van der Waals surface area contributed by atoms with Crippen LogP contribution in [0.1, 0.15) is 15.2 Å². The van der Waals surface area contributed by atoms with Gasteiger partial charge in [0.2, 0.25) is 5.91 Å². The van der Waals surface area contributed by atoms with Crippen LogP contribution in [0.3, 0.4) is 0 Å². The number of pyridine rings is 1. The zero-order valence-electron chi connectivity index (χ0n) is 18.4. The molecule has 172 valence electrons. The Morgan fingerprint density at radius 2 is 2.00 bits per heavy atom. The standard InChI is InChI=1S/C24H26N4O4S/c1-25-24(30)21-14-19-20(15-26-16-22(19)33-21)32-18-5-2-17(3-6-18)4-7-23(29)27-8-9-28-10-12-31-13-11-28/h2-7,14-16H,8-13H2,1H3,(H,25,30)(H,27,29)/b7-4+. The number of nitrogens with one attached hydrogen (secondary N) is 2. The highest BCUT2D eigenvalue weighted by atomic mass is 32.1. The molecule has 1 fully saturated rings. The van der Waals surface area contributed by atoms with Gasteiger partial charge in [-0.25, -0.2) is 0 Å². The molecule has 0 atom stereocenters. The molecule has 1 saturated heterocycles. The zero-order chi connectivity index (χ0) is 23.0. The summed E-state index contributed by atoms with van der Waals surface area (Å²) in [6.45, 7) is 4.76. The summed E-state index contributed by atoms with van der Waals surface area (Å²) in [5.74, 6) is 0.972. The molecule has 0 spiro atoms. The largest absolute Gasteiger partial charge is 0.455 e. The number of hydrogen-bond donors (Lipinski definition) is 2. The summed E-state index contributed by atoms with van der Waals surface area (Å²) >= 11 is 1.37. The molecule has 33 heavy (non-hydrogen) atoms.